The minimum absolute atomic E-state index is 0.227. The predicted molar refractivity (Wildman–Crippen MR) is 109 cm³/mol. The molecule has 1 aliphatic heterocycles. The quantitative estimate of drug-likeness (QED) is 0.741. The van der Waals surface area contributed by atoms with E-state index in [9.17, 15) is 14.0 Å². The van der Waals surface area contributed by atoms with Crippen molar-refractivity contribution >= 4 is 11.6 Å². The number of fused-ring (bicyclic) bond motifs is 1. The number of anilines is 1. The van der Waals surface area contributed by atoms with Crippen LogP contribution in [0.15, 0.2) is 59.5 Å². The van der Waals surface area contributed by atoms with Crippen molar-refractivity contribution in [2.75, 3.05) is 18.5 Å². The number of halogens is 1. The Morgan fingerprint density at radius 2 is 2.07 bits per heavy atom. The van der Waals surface area contributed by atoms with Gasteiger partial charge in [-0.05, 0) is 48.2 Å². The largest absolute Gasteiger partial charge is 0.374 e. The molecule has 2 aromatic carbocycles. The van der Waals surface area contributed by atoms with Crippen LogP contribution in [0.3, 0.4) is 0 Å². The van der Waals surface area contributed by atoms with E-state index in [1.54, 1.807) is 6.07 Å². The lowest BCUT2D eigenvalue weighted by Gasteiger charge is -2.27. The van der Waals surface area contributed by atoms with Gasteiger partial charge < -0.3 is 10.2 Å². The number of hydrogen-bond donors (Lipinski definition) is 1. The number of amides is 1. The standard InChI is InChI=1S/C22H21FN4O2/c1-26-10-3-4-16-12-15(7-8-19(16)26)14-24-22(29)21-20(28)9-11-27(25-21)18-6-2-5-17(23)13-18/h2,5-9,11-13H,3-4,10,14H2,1H3,(H,24,29). The van der Waals surface area contributed by atoms with Crippen LogP contribution in [0.5, 0.6) is 0 Å². The van der Waals surface area contributed by atoms with E-state index >= 15 is 0 Å². The van der Waals surface area contributed by atoms with Gasteiger partial charge in [0.15, 0.2) is 5.69 Å². The van der Waals surface area contributed by atoms with Crippen molar-refractivity contribution in [1.29, 1.82) is 0 Å². The zero-order chi connectivity index (χ0) is 20.4. The van der Waals surface area contributed by atoms with Crippen LogP contribution in [0.4, 0.5) is 10.1 Å². The second-order valence-corrected chi connectivity index (χ2v) is 7.12. The zero-order valence-corrected chi connectivity index (χ0v) is 16.1. The van der Waals surface area contributed by atoms with Crippen LogP contribution in [-0.2, 0) is 13.0 Å². The molecule has 0 bridgehead atoms. The maximum atomic E-state index is 13.5. The number of hydrogen-bond acceptors (Lipinski definition) is 4. The number of benzene rings is 2. The average molecular weight is 392 g/mol. The Kier molecular flexibility index (Phi) is 5.12. The van der Waals surface area contributed by atoms with Gasteiger partial charge in [-0.25, -0.2) is 9.07 Å². The second-order valence-electron chi connectivity index (χ2n) is 7.12. The smallest absolute Gasteiger partial charge is 0.276 e. The van der Waals surface area contributed by atoms with E-state index in [0.717, 1.165) is 24.9 Å². The van der Waals surface area contributed by atoms with Gasteiger partial charge in [-0.15, -0.1) is 0 Å². The summed E-state index contributed by atoms with van der Waals surface area (Å²) in [5.74, 6) is -0.984. The summed E-state index contributed by atoms with van der Waals surface area (Å²) in [5.41, 5.74) is 3.16. The molecule has 2 heterocycles. The second kappa shape index (κ2) is 7.87. The highest BCUT2D eigenvalue weighted by Gasteiger charge is 2.16. The van der Waals surface area contributed by atoms with Gasteiger partial charge in [0, 0.05) is 38.1 Å². The van der Waals surface area contributed by atoms with Gasteiger partial charge in [-0.3, -0.25) is 9.59 Å². The van der Waals surface area contributed by atoms with Crippen LogP contribution in [-0.4, -0.2) is 29.3 Å². The molecule has 0 atom stereocenters. The lowest BCUT2D eigenvalue weighted by molar-refractivity contribution is 0.0943. The fourth-order valence-corrected chi connectivity index (χ4v) is 3.54. The first-order chi connectivity index (χ1) is 14.0. The Morgan fingerprint density at radius 1 is 1.21 bits per heavy atom. The highest BCUT2D eigenvalue weighted by atomic mass is 19.1. The van der Waals surface area contributed by atoms with Crippen molar-refractivity contribution in [2.24, 2.45) is 0 Å². The van der Waals surface area contributed by atoms with Gasteiger partial charge in [-0.2, -0.15) is 5.10 Å². The van der Waals surface area contributed by atoms with Crippen molar-refractivity contribution in [2.45, 2.75) is 19.4 Å². The molecule has 0 saturated heterocycles. The third kappa shape index (κ3) is 4.03. The number of nitrogens with one attached hydrogen (secondary N) is 1. The molecule has 0 unspecified atom stereocenters. The summed E-state index contributed by atoms with van der Waals surface area (Å²) in [6.07, 6.45) is 3.53. The highest BCUT2D eigenvalue weighted by molar-refractivity contribution is 5.91. The number of carbonyl (C=O) groups excluding carboxylic acids is 1. The molecule has 6 nitrogen and oxygen atoms in total. The average Bonchev–Trinajstić information content (AvgIpc) is 2.72. The van der Waals surface area contributed by atoms with E-state index in [1.807, 2.05) is 6.07 Å². The lowest BCUT2D eigenvalue weighted by atomic mass is 9.99. The molecule has 1 aromatic heterocycles. The van der Waals surface area contributed by atoms with Crippen molar-refractivity contribution < 1.29 is 9.18 Å². The van der Waals surface area contributed by atoms with Crippen LogP contribution in [0.2, 0.25) is 0 Å². The van der Waals surface area contributed by atoms with Crippen molar-refractivity contribution in [3.05, 3.63) is 87.6 Å². The molecule has 0 aliphatic carbocycles. The molecule has 0 radical (unpaired) electrons. The fraction of sp³-hybridized carbons (Fsp3) is 0.227. The minimum atomic E-state index is -0.560. The molecule has 3 aromatic rings. The molecular weight excluding hydrogens is 371 g/mol. The lowest BCUT2D eigenvalue weighted by Crippen LogP contribution is -2.31. The Labute approximate surface area is 167 Å². The predicted octanol–water partition coefficient (Wildman–Crippen LogP) is 2.68. The Balaban J connectivity index is 1.52. The van der Waals surface area contributed by atoms with E-state index in [0.29, 0.717) is 12.2 Å². The highest BCUT2D eigenvalue weighted by Crippen LogP contribution is 2.26. The molecule has 0 fully saturated rings. The Bertz CT molecular complexity index is 1130. The minimum Gasteiger partial charge on any atom is -0.374 e. The molecule has 4 rings (SSSR count). The van der Waals surface area contributed by atoms with E-state index < -0.39 is 17.2 Å². The van der Waals surface area contributed by atoms with Gasteiger partial charge in [0.25, 0.3) is 5.91 Å². The van der Waals surface area contributed by atoms with Crippen LogP contribution < -0.4 is 15.6 Å². The zero-order valence-electron chi connectivity index (χ0n) is 16.1. The summed E-state index contributed by atoms with van der Waals surface area (Å²) in [6.45, 7) is 1.34. The first-order valence-electron chi connectivity index (χ1n) is 9.48. The van der Waals surface area contributed by atoms with Crippen LogP contribution in [0.1, 0.15) is 28.0 Å². The molecule has 0 spiro atoms. The molecule has 148 valence electrons. The van der Waals surface area contributed by atoms with Gasteiger partial charge in [0.05, 0.1) is 5.69 Å². The van der Waals surface area contributed by atoms with Gasteiger partial charge in [-0.1, -0.05) is 18.2 Å². The summed E-state index contributed by atoms with van der Waals surface area (Å²) < 4.78 is 14.8. The van der Waals surface area contributed by atoms with Crippen LogP contribution in [0, 0.1) is 5.82 Å². The number of aromatic nitrogens is 2. The summed E-state index contributed by atoms with van der Waals surface area (Å²) >= 11 is 0. The summed E-state index contributed by atoms with van der Waals surface area (Å²) in [5, 5.41) is 6.86. The van der Waals surface area contributed by atoms with Crippen molar-refractivity contribution in [3.8, 4) is 5.69 Å². The SMILES string of the molecule is CN1CCCc2cc(CNC(=O)c3nn(-c4cccc(F)c4)ccc3=O)ccc21. The maximum Gasteiger partial charge on any atom is 0.276 e. The number of rotatable bonds is 4. The molecule has 1 amide bonds. The molecular formula is C22H21FN4O2. The first kappa shape index (κ1) is 18.9. The number of carbonyl (C=O) groups is 1. The fourth-order valence-electron chi connectivity index (χ4n) is 3.54. The Hall–Kier alpha value is -3.48. The summed E-state index contributed by atoms with van der Waals surface area (Å²) in [7, 11) is 2.07. The Morgan fingerprint density at radius 3 is 2.90 bits per heavy atom. The van der Waals surface area contributed by atoms with Crippen LogP contribution in [0.25, 0.3) is 5.69 Å². The van der Waals surface area contributed by atoms with Gasteiger partial charge in [0.1, 0.15) is 5.82 Å². The molecule has 7 heteroatoms. The summed E-state index contributed by atoms with van der Waals surface area (Å²) in [4.78, 5) is 26.9. The van der Waals surface area contributed by atoms with Gasteiger partial charge >= 0.3 is 0 Å². The number of nitrogens with zero attached hydrogens (tertiary/aromatic N) is 3. The first-order valence-corrected chi connectivity index (χ1v) is 9.48. The van der Waals surface area contributed by atoms with E-state index in [1.165, 1.54) is 46.4 Å². The monoisotopic (exact) mass is 392 g/mol. The normalized spacial score (nSPS) is 13.1. The van der Waals surface area contributed by atoms with Crippen LogP contribution >= 0.6 is 0 Å². The third-order valence-electron chi connectivity index (χ3n) is 5.04. The molecule has 1 aliphatic rings. The van der Waals surface area contributed by atoms with Crippen molar-refractivity contribution in [1.82, 2.24) is 15.1 Å². The third-order valence-corrected chi connectivity index (χ3v) is 5.04. The maximum absolute atomic E-state index is 13.5. The van der Waals surface area contributed by atoms with E-state index in [2.05, 4.69) is 34.5 Å². The molecule has 1 N–H and O–H groups in total. The summed E-state index contributed by atoms with van der Waals surface area (Å²) in [6, 6.07) is 13.2. The molecule has 0 saturated carbocycles. The molecule has 29 heavy (non-hydrogen) atoms. The topological polar surface area (TPSA) is 67.2 Å². The van der Waals surface area contributed by atoms with E-state index in [4.69, 9.17) is 0 Å². The van der Waals surface area contributed by atoms with E-state index in [-0.39, 0.29) is 5.69 Å². The van der Waals surface area contributed by atoms with Crippen molar-refractivity contribution in [3.63, 3.8) is 0 Å². The number of aryl methyl sites for hydroxylation is 1. The van der Waals surface area contributed by atoms with Gasteiger partial charge in [0.2, 0.25) is 5.43 Å².